The van der Waals surface area contributed by atoms with Crippen LogP contribution in [-0.2, 0) is 10.2 Å². The largest absolute Gasteiger partial charge is 0.300 e. The lowest BCUT2D eigenvalue weighted by molar-refractivity contribution is -0.120. The van der Waals surface area contributed by atoms with Crippen molar-refractivity contribution < 1.29 is 4.79 Å². The van der Waals surface area contributed by atoms with Gasteiger partial charge in [-0.1, -0.05) is 12.1 Å². The Hall–Kier alpha value is -1.62. The van der Waals surface area contributed by atoms with Gasteiger partial charge in [0.05, 0.1) is 11.6 Å². The minimum atomic E-state index is 0.237. The first kappa shape index (κ1) is 9.59. The molecule has 0 radical (unpaired) electrons. The Balaban J connectivity index is 1.94. The second kappa shape index (κ2) is 3.18. The summed E-state index contributed by atoms with van der Waals surface area (Å²) >= 11 is 0. The number of hydrogen-bond acceptors (Lipinski definition) is 2. The molecule has 80 valence electrons. The highest BCUT2D eigenvalue weighted by Crippen LogP contribution is 2.61. The van der Waals surface area contributed by atoms with Gasteiger partial charge < -0.3 is 0 Å². The van der Waals surface area contributed by atoms with Gasteiger partial charge in [-0.25, -0.2) is 0 Å². The molecule has 2 fully saturated rings. The van der Waals surface area contributed by atoms with E-state index in [9.17, 15) is 4.79 Å². The average Bonchev–Trinajstić information content (AvgIpc) is 3.04. The fourth-order valence-electron chi connectivity index (χ4n) is 3.09. The van der Waals surface area contributed by atoms with Crippen molar-refractivity contribution >= 4 is 5.78 Å². The van der Waals surface area contributed by atoms with Crippen LogP contribution in [0.1, 0.15) is 36.8 Å². The van der Waals surface area contributed by atoms with Crippen LogP contribution < -0.4 is 0 Å². The van der Waals surface area contributed by atoms with Crippen molar-refractivity contribution in [3.8, 4) is 6.07 Å². The van der Waals surface area contributed by atoms with Gasteiger partial charge >= 0.3 is 0 Å². The van der Waals surface area contributed by atoms with E-state index >= 15 is 0 Å². The van der Waals surface area contributed by atoms with Gasteiger partial charge in [0.15, 0.2) is 0 Å². The second-order valence-corrected chi connectivity index (χ2v) is 4.99. The predicted octanol–water partition coefficient (Wildman–Crippen LogP) is 2.57. The number of hydrogen-bond donors (Lipinski definition) is 0. The molecular weight excluding hydrogens is 198 g/mol. The number of nitriles is 1. The van der Waals surface area contributed by atoms with Crippen molar-refractivity contribution in [2.75, 3.05) is 0 Å². The Labute approximate surface area is 94.9 Å². The fourth-order valence-corrected chi connectivity index (χ4v) is 3.09. The molecule has 0 N–H and O–H groups in total. The Morgan fingerprint density at radius 3 is 3.06 bits per heavy atom. The summed E-state index contributed by atoms with van der Waals surface area (Å²) in [6.45, 7) is 0. The van der Waals surface area contributed by atoms with E-state index in [1.165, 1.54) is 5.56 Å². The van der Waals surface area contributed by atoms with E-state index in [0.717, 1.165) is 24.8 Å². The van der Waals surface area contributed by atoms with Crippen molar-refractivity contribution in [2.45, 2.75) is 31.1 Å². The third-order valence-electron chi connectivity index (χ3n) is 4.12. The molecule has 0 saturated heterocycles. The predicted molar refractivity (Wildman–Crippen MR) is 59.8 cm³/mol. The standard InChI is InChI=1S/C14H13NO/c15-9-10-2-1-3-11(6-10)14-5-4-13(16)7-12(14)8-14/h1-3,6,12H,4-5,7-8H2/t12-,14+/m1/s1. The van der Waals surface area contributed by atoms with E-state index < -0.39 is 0 Å². The van der Waals surface area contributed by atoms with Crippen molar-refractivity contribution in [1.82, 2.24) is 0 Å². The van der Waals surface area contributed by atoms with E-state index in [4.69, 9.17) is 5.26 Å². The molecule has 0 aromatic heterocycles. The van der Waals surface area contributed by atoms with Gasteiger partial charge in [0.25, 0.3) is 0 Å². The molecular formula is C14H13NO. The minimum Gasteiger partial charge on any atom is -0.300 e. The smallest absolute Gasteiger partial charge is 0.133 e. The van der Waals surface area contributed by atoms with E-state index in [1.54, 1.807) is 0 Å². The van der Waals surface area contributed by atoms with Crippen LogP contribution in [0.25, 0.3) is 0 Å². The number of rotatable bonds is 1. The summed E-state index contributed by atoms with van der Waals surface area (Å²) in [5, 5.41) is 8.90. The number of nitrogens with zero attached hydrogens (tertiary/aromatic N) is 1. The zero-order valence-electron chi connectivity index (χ0n) is 9.07. The highest BCUT2D eigenvalue weighted by Gasteiger charge is 2.57. The van der Waals surface area contributed by atoms with Crippen molar-refractivity contribution in [1.29, 1.82) is 5.26 Å². The normalized spacial score (nSPS) is 31.7. The summed E-state index contributed by atoms with van der Waals surface area (Å²) in [6, 6.07) is 10.1. The van der Waals surface area contributed by atoms with Crippen LogP contribution in [0.3, 0.4) is 0 Å². The van der Waals surface area contributed by atoms with Crippen LogP contribution in [0.4, 0.5) is 0 Å². The second-order valence-electron chi connectivity index (χ2n) is 4.99. The van der Waals surface area contributed by atoms with Crippen LogP contribution in [0.2, 0.25) is 0 Å². The van der Waals surface area contributed by atoms with Gasteiger partial charge in [-0.3, -0.25) is 4.79 Å². The first-order valence-corrected chi connectivity index (χ1v) is 5.77. The molecule has 16 heavy (non-hydrogen) atoms. The topological polar surface area (TPSA) is 40.9 Å². The number of carbonyl (C=O) groups is 1. The lowest BCUT2D eigenvalue weighted by Crippen LogP contribution is -2.19. The molecule has 0 bridgehead atoms. The van der Waals surface area contributed by atoms with Gasteiger partial charge in [0.1, 0.15) is 5.78 Å². The number of Topliss-reactive ketones (excluding diaryl/α,β-unsaturated/α-hetero) is 1. The Morgan fingerprint density at radius 2 is 2.31 bits per heavy atom. The number of benzene rings is 1. The summed E-state index contributed by atoms with van der Waals surface area (Å²) in [7, 11) is 0. The van der Waals surface area contributed by atoms with Gasteiger partial charge in [-0.2, -0.15) is 5.26 Å². The first-order chi connectivity index (χ1) is 7.74. The molecule has 2 saturated carbocycles. The van der Waals surface area contributed by atoms with E-state index in [1.807, 2.05) is 18.2 Å². The lowest BCUT2D eigenvalue weighted by Gasteiger charge is -2.21. The summed E-state index contributed by atoms with van der Waals surface area (Å²) < 4.78 is 0. The van der Waals surface area contributed by atoms with Crippen LogP contribution in [0.15, 0.2) is 24.3 Å². The van der Waals surface area contributed by atoms with E-state index in [0.29, 0.717) is 18.1 Å². The maximum Gasteiger partial charge on any atom is 0.133 e. The van der Waals surface area contributed by atoms with Gasteiger partial charge in [0.2, 0.25) is 0 Å². The average molecular weight is 211 g/mol. The van der Waals surface area contributed by atoms with Crippen LogP contribution >= 0.6 is 0 Å². The minimum absolute atomic E-state index is 0.237. The lowest BCUT2D eigenvalue weighted by atomic mass is 9.82. The monoisotopic (exact) mass is 211 g/mol. The highest BCUT2D eigenvalue weighted by atomic mass is 16.1. The quantitative estimate of drug-likeness (QED) is 0.716. The molecule has 2 heteroatoms. The first-order valence-electron chi connectivity index (χ1n) is 5.77. The number of fused-ring (bicyclic) bond motifs is 1. The molecule has 2 atom stereocenters. The summed E-state index contributed by atoms with van der Waals surface area (Å²) in [5.74, 6) is 0.956. The Kier molecular flexibility index (Phi) is 1.91. The molecule has 0 heterocycles. The zero-order valence-corrected chi connectivity index (χ0v) is 9.07. The van der Waals surface area contributed by atoms with Gasteiger partial charge in [-0.15, -0.1) is 0 Å². The molecule has 1 aromatic rings. The number of carbonyl (C=O) groups excluding carboxylic acids is 1. The van der Waals surface area contributed by atoms with Gasteiger partial charge in [-0.05, 0) is 41.9 Å². The van der Waals surface area contributed by atoms with E-state index in [2.05, 4.69) is 12.1 Å². The molecule has 2 aliphatic rings. The maximum absolute atomic E-state index is 11.3. The Morgan fingerprint density at radius 1 is 1.44 bits per heavy atom. The highest BCUT2D eigenvalue weighted by molar-refractivity contribution is 5.81. The van der Waals surface area contributed by atoms with Crippen molar-refractivity contribution in [3.63, 3.8) is 0 Å². The zero-order chi connectivity index (χ0) is 11.2. The molecule has 0 unspecified atom stereocenters. The summed E-state index contributed by atoms with van der Waals surface area (Å²) in [5.41, 5.74) is 2.24. The molecule has 0 spiro atoms. The molecule has 3 rings (SSSR count). The summed E-state index contributed by atoms with van der Waals surface area (Å²) in [4.78, 5) is 11.3. The van der Waals surface area contributed by atoms with Crippen molar-refractivity contribution in [2.24, 2.45) is 5.92 Å². The maximum atomic E-state index is 11.3. The van der Waals surface area contributed by atoms with Gasteiger partial charge in [0, 0.05) is 12.8 Å². The van der Waals surface area contributed by atoms with Crippen molar-refractivity contribution in [3.05, 3.63) is 35.4 Å². The van der Waals surface area contributed by atoms with Crippen LogP contribution in [0.5, 0.6) is 0 Å². The molecule has 2 nitrogen and oxygen atoms in total. The van der Waals surface area contributed by atoms with E-state index in [-0.39, 0.29) is 5.41 Å². The summed E-state index contributed by atoms with van der Waals surface area (Å²) in [6.07, 6.45) is 3.57. The molecule has 1 aromatic carbocycles. The Bertz CT molecular complexity index is 500. The molecule has 2 aliphatic carbocycles. The number of ketones is 1. The third-order valence-corrected chi connectivity index (χ3v) is 4.12. The molecule has 0 amide bonds. The van der Waals surface area contributed by atoms with Crippen LogP contribution in [0, 0.1) is 17.2 Å². The third kappa shape index (κ3) is 1.28. The SMILES string of the molecule is N#Cc1cccc([C@@]23CCC(=O)C[C@@H]2C3)c1. The van der Waals surface area contributed by atoms with Crippen LogP contribution in [-0.4, -0.2) is 5.78 Å². The molecule has 0 aliphatic heterocycles. The fraction of sp³-hybridized carbons (Fsp3) is 0.429.